The minimum absolute atomic E-state index is 0.218. The van der Waals surface area contributed by atoms with E-state index in [0.717, 1.165) is 11.1 Å². The Hall–Kier alpha value is -3.61. The van der Waals surface area contributed by atoms with Gasteiger partial charge in [0.25, 0.3) is 5.56 Å². The summed E-state index contributed by atoms with van der Waals surface area (Å²) < 4.78 is 4.61. The summed E-state index contributed by atoms with van der Waals surface area (Å²) in [5.41, 5.74) is 2.06. The van der Waals surface area contributed by atoms with Crippen molar-refractivity contribution in [2.45, 2.75) is 13.1 Å². The number of hydrogen-bond acceptors (Lipinski definition) is 4. The van der Waals surface area contributed by atoms with Gasteiger partial charge < -0.3 is 4.90 Å². The van der Waals surface area contributed by atoms with Gasteiger partial charge in [-0.2, -0.15) is 4.98 Å². The zero-order chi connectivity index (χ0) is 20.5. The number of anilines is 1. The molecule has 0 bridgehead atoms. The molecular formula is C22H23N5O2. The number of hydrogen-bond donors (Lipinski definition) is 0. The first-order chi connectivity index (χ1) is 14.0. The summed E-state index contributed by atoms with van der Waals surface area (Å²) in [4.78, 5) is 32.8. The average molecular weight is 389 g/mol. The van der Waals surface area contributed by atoms with E-state index in [2.05, 4.69) is 4.98 Å². The smallest absolute Gasteiger partial charge is 0.332 e. The largest absolute Gasteiger partial charge is 0.348 e. The fraction of sp³-hybridized carbons (Fsp3) is 0.227. The molecule has 2 aromatic heterocycles. The summed E-state index contributed by atoms with van der Waals surface area (Å²) in [6.45, 7) is 0.708. The Morgan fingerprint density at radius 1 is 0.828 bits per heavy atom. The van der Waals surface area contributed by atoms with Crippen LogP contribution in [0.4, 0.5) is 5.95 Å². The Morgan fingerprint density at radius 3 is 1.86 bits per heavy atom. The Kier molecular flexibility index (Phi) is 4.80. The summed E-state index contributed by atoms with van der Waals surface area (Å²) >= 11 is 0. The van der Waals surface area contributed by atoms with Crippen molar-refractivity contribution in [3.63, 3.8) is 0 Å². The van der Waals surface area contributed by atoms with Gasteiger partial charge in [-0.15, -0.1) is 0 Å². The molecule has 0 aliphatic rings. The molecule has 2 heterocycles. The Balaban J connectivity index is 1.97. The number of aromatic nitrogens is 4. The van der Waals surface area contributed by atoms with Crippen molar-refractivity contribution in [1.82, 2.24) is 18.7 Å². The Morgan fingerprint density at radius 2 is 1.34 bits per heavy atom. The lowest BCUT2D eigenvalue weighted by Gasteiger charge is -2.15. The summed E-state index contributed by atoms with van der Waals surface area (Å²) in [7, 11) is 5.41. The highest BCUT2D eigenvalue weighted by atomic mass is 16.2. The minimum Gasteiger partial charge on any atom is -0.348 e. The van der Waals surface area contributed by atoms with Gasteiger partial charge in [-0.3, -0.25) is 18.5 Å². The van der Waals surface area contributed by atoms with E-state index in [0.29, 0.717) is 23.7 Å². The quantitative estimate of drug-likeness (QED) is 0.524. The maximum absolute atomic E-state index is 13.4. The fourth-order valence-corrected chi connectivity index (χ4v) is 3.52. The lowest BCUT2D eigenvalue weighted by molar-refractivity contribution is 0.653. The summed E-state index contributed by atoms with van der Waals surface area (Å²) in [5.74, 6) is 0.633. The van der Waals surface area contributed by atoms with Crippen LogP contribution in [0.5, 0.6) is 0 Å². The molecule has 0 atom stereocenters. The van der Waals surface area contributed by atoms with Crippen molar-refractivity contribution < 1.29 is 0 Å². The van der Waals surface area contributed by atoms with E-state index < -0.39 is 0 Å². The molecule has 0 amide bonds. The van der Waals surface area contributed by atoms with Crippen molar-refractivity contribution in [2.75, 3.05) is 19.0 Å². The van der Waals surface area contributed by atoms with Gasteiger partial charge in [0.05, 0.1) is 13.1 Å². The number of aryl methyl sites for hydroxylation is 1. The first-order valence-electron chi connectivity index (χ1n) is 9.42. The van der Waals surface area contributed by atoms with Gasteiger partial charge in [0, 0.05) is 21.1 Å². The summed E-state index contributed by atoms with van der Waals surface area (Å²) in [6.07, 6.45) is 0. The van der Waals surface area contributed by atoms with Crippen LogP contribution in [0.25, 0.3) is 11.2 Å². The molecule has 0 unspecified atom stereocenters. The predicted molar refractivity (Wildman–Crippen MR) is 115 cm³/mol. The summed E-state index contributed by atoms with van der Waals surface area (Å²) in [6, 6.07) is 19.4. The molecule has 0 fully saturated rings. The first kappa shape index (κ1) is 18.7. The highest BCUT2D eigenvalue weighted by molar-refractivity contribution is 5.74. The Bertz CT molecular complexity index is 1270. The van der Waals surface area contributed by atoms with Gasteiger partial charge >= 0.3 is 5.69 Å². The van der Waals surface area contributed by atoms with Gasteiger partial charge in [0.2, 0.25) is 5.95 Å². The van der Waals surface area contributed by atoms with Crippen molar-refractivity contribution in [3.8, 4) is 0 Å². The number of imidazole rings is 1. The van der Waals surface area contributed by atoms with Crippen LogP contribution in [0.2, 0.25) is 0 Å². The third-order valence-electron chi connectivity index (χ3n) is 4.98. The molecule has 4 rings (SSSR count). The molecule has 0 aliphatic carbocycles. The van der Waals surface area contributed by atoms with Crippen LogP contribution in [-0.2, 0) is 20.1 Å². The molecule has 7 heteroatoms. The van der Waals surface area contributed by atoms with Crippen LogP contribution in [0, 0.1) is 0 Å². The van der Waals surface area contributed by atoms with Crippen LogP contribution >= 0.6 is 0 Å². The third kappa shape index (κ3) is 3.35. The molecule has 7 nitrogen and oxygen atoms in total. The maximum atomic E-state index is 13.4. The molecule has 0 radical (unpaired) electrons. The molecule has 29 heavy (non-hydrogen) atoms. The van der Waals surface area contributed by atoms with Gasteiger partial charge in [0.15, 0.2) is 11.2 Å². The van der Waals surface area contributed by atoms with E-state index in [9.17, 15) is 9.59 Å². The number of benzene rings is 2. The number of fused-ring (bicyclic) bond motifs is 1. The van der Waals surface area contributed by atoms with Crippen LogP contribution in [-0.4, -0.2) is 32.8 Å². The molecule has 0 N–H and O–H groups in total. The van der Waals surface area contributed by atoms with Crippen molar-refractivity contribution in [3.05, 3.63) is 92.6 Å². The highest BCUT2D eigenvalue weighted by Gasteiger charge is 2.21. The molecule has 4 aromatic rings. The van der Waals surface area contributed by atoms with E-state index in [1.54, 1.807) is 7.05 Å². The van der Waals surface area contributed by atoms with Crippen LogP contribution < -0.4 is 16.1 Å². The maximum Gasteiger partial charge on any atom is 0.332 e. The topological polar surface area (TPSA) is 65.1 Å². The average Bonchev–Trinajstić information content (AvgIpc) is 3.11. The van der Waals surface area contributed by atoms with Crippen molar-refractivity contribution in [1.29, 1.82) is 0 Å². The van der Waals surface area contributed by atoms with Gasteiger partial charge in [-0.25, -0.2) is 4.79 Å². The van der Waals surface area contributed by atoms with Crippen molar-refractivity contribution >= 4 is 17.1 Å². The molecule has 0 aliphatic heterocycles. The van der Waals surface area contributed by atoms with E-state index in [1.807, 2.05) is 84.2 Å². The van der Waals surface area contributed by atoms with Crippen LogP contribution in [0.3, 0.4) is 0 Å². The van der Waals surface area contributed by atoms with Crippen LogP contribution in [0.15, 0.2) is 70.3 Å². The van der Waals surface area contributed by atoms with Gasteiger partial charge in [-0.05, 0) is 11.1 Å². The first-order valence-corrected chi connectivity index (χ1v) is 9.42. The molecule has 0 saturated heterocycles. The van der Waals surface area contributed by atoms with Gasteiger partial charge in [-0.1, -0.05) is 60.7 Å². The number of rotatable bonds is 5. The monoisotopic (exact) mass is 389 g/mol. The molecule has 0 spiro atoms. The second kappa shape index (κ2) is 7.43. The fourth-order valence-electron chi connectivity index (χ4n) is 3.52. The standard InChI is InChI=1S/C22H23N5O2/c1-24(2)21-23-19-18(26(21)14-16-10-6-4-7-11-16)20(28)27(22(29)25(19)3)15-17-12-8-5-9-13-17/h4-13H,14-15H2,1-3H3. The molecule has 2 aromatic carbocycles. The second-order valence-corrected chi connectivity index (χ2v) is 7.27. The SMILES string of the molecule is CN(C)c1nc2c(c(=O)n(Cc3ccccc3)c(=O)n2C)n1Cc1ccccc1. The third-order valence-corrected chi connectivity index (χ3v) is 4.98. The van der Waals surface area contributed by atoms with Crippen LogP contribution in [0.1, 0.15) is 11.1 Å². The van der Waals surface area contributed by atoms with E-state index in [-0.39, 0.29) is 17.8 Å². The van der Waals surface area contributed by atoms with Crippen molar-refractivity contribution in [2.24, 2.45) is 7.05 Å². The lowest BCUT2D eigenvalue weighted by Crippen LogP contribution is -2.40. The second-order valence-electron chi connectivity index (χ2n) is 7.27. The van der Waals surface area contributed by atoms with E-state index in [1.165, 1.54) is 9.13 Å². The van der Waals surface area contributed by atoms with E-state index in [4.69, 9.17) is 0 Å². The zero-order valence-corrected chi connectivity index (χ0v) is 16.7. The summed E-state index contributed by atoms with van der Waals surface area (Å²) in [5, 5.41) is 0. The predicted octanol–water partition coefficient (Wildman–Crippen LogP) is 2.06. The van der Waals surface area contributed by atoms with Gasteiger partial charge in [0.1, 0.15) is 0 Å². The molecule has 148 valence electrons. The Labute approximate surface area is 168 Å². The molecular weight excluding hydrogens is 366 g/mol. The highest BCUT2D eigenvalue weighted by Crippen LogP contribution is 2.20. The normalized spacial score (nSPS) is 11.1. The molecule has 0 saturated carbocycles. The van der Waals surface area contributed by atoms with E-state index >= 15 is 0 Å². The zero-order valence-electron chi connectivity index (χ0n) is 16.7. The number of nitrogens with zero attached hydrogens (tertiary/aromatic N) is 5. The minimum atomic E-state index is -0.374. The lowest BCUT2D eigenvalue weighted by atomic mass is 10.2.